The first-order valence-corrected chi connectivity index (χ1v) is 11.9. The van der Waals surface area contributed by atoms with Gasteiger partial charge in [-0.05, 0) is 56.1 Å². The maximum Gasteiger partial charge on any atom is 0.244 e. The Balaban J connectivity index is 1.23. The number of carbonyl (C=O) groups excluding carboxylic acids is 1. The molecule has 1 amide bonds. The van der Waals surface area contributed by atoms with Gasteiger partial charge in [-0.2, -0.15) is 0 Å². The highest BCUT2D eigenvalue weighted by atomic mass is 32.2. The van der Waals surface area contributed by atoms with Crippen LogP contribution < -0.4 is 5.32 Å². The summed E-state index contributed by atoms with van der Waals surface area (Å²) in [6.45, 7) is 2.85. The van der Waals surface area contributed by atoms with Gasteiger partial charge < -0.3 is 14.3 Å². The van der Waals surface area contributed by atoms with Gasteiger partial charge in [-0.15, -0.1) is 10.2 Å². The zero-order valence-electron chi connectivity index (χ0n) is 17.3. The van der Waals surface area contributed by atoms with E-state index in [0.717, 1.165) is 35.3 Å². The second-order valence-electron chi connectivity index (χ2n) is 8.20. The van der Waals surface area contributed by atoms with Gasteiger partial charge in [0.15, 0.2) is 5.16 Å². The summed E-state index contributed by atoms with van der Waals surface area (Å²) in [6.07, 6.45) is 13.2. The molecular weight excluding hydrogens is 384 g/mol. The third kappa shape index (κ3) is 4.94. The molecule has 2 aliphatic rings. The molecule has 29 heavy (non-hydrogen) atoms. The Morgan fingerprint density at radius 1 is 1.34 bits per heavy atom. The zero-order chi connectivity index (χ0) is 20.2. The van der Waals surface area contributed by atoms with Crippen LogP contribution >= 0.6 is 11.8 Å². The molecule has 2 heterocycles. The smallest absolute Gasteiger partial charge is 0.244 e. The third-order valence-corrected chi connectivity index (χ3v) is 6.65. The van der Waals surface area contributed by atoms with Crippen LogP contribution in [0.25, 0.3) is 6.08 Å². The molecule has 0 radical (unpaired) electrons. The summed E-state index contributed by atoms with van der Waals surface area (Å²) in [7, 11) is 0. The van der Waals surface area contributed by atoms with Crippen molar-refractivity contribution < 1.29 is 9.21 Å². The lowest BCUT2D eigenvalue weighted by molar-refractivity contribution is -0.116. The Morgan fingerprint density at radius 3 is 2.86 bits per heavy atom. The molecule has 2 atom stereocenters. The van der Waals surface area contributed by atoms with Crippen LogP contribution in [-0.4, -0.2) is 33.5 Å². The number of hydrogen-bond donors (Lipinski definition) is 1. The lowest BCUT2D eigenvalue weighted by Crippen LogP contribution is -2.23. The topological polar surface area (TPSA) is 73.0 Å². The van der Waals surface area contributed by atoms with E-state index in [1.54, 1.807) is 23.9 Å². The number of rotatable bonds is 9. The molecule has 7 heteroatoms. The number of aromatic nitrogens is 3. The minimum absolute atomic E-state index is 0.0928. The van der Waals surface area contributed by atoms with Crippen LogP contribution in [0, 0.1) is 5.92 Å². The molecule has 0 unspecified atom stereocenters. The van der Waals surface area contributed by atoms with E-state index in [2.05, 4.69) is 33.3 Å². The molecule has 2 aromatic rings. The van der Waals surface area contributed by atoms with E-state index in [-0.39, 0.29) is 5.91 Å². The highest BCUT2D eigenvalue weighted by Gasteiger charge is 2.36. The maximum absolute atomic E-state index is 12.1. The van der Waals surface area contributed by atoms with Gasteiger partial charge >= 0.3 is 0 Å². The van der Waals surface area contributed by atoms with Crippen molar-refractivity contribution in [3.63, 3.8) is 0 Å². The molecular formula is C22H30N4O2S. The summed E-state index contributed by atoms with van der Waals surface area (Å²) in [5.41, 5.74) is 0. The first kappa shape index (κ1) is 20.3. The molecule has 1 N–H and O–H groups in total. The van der Waals surface area contributed by atoms with E-state index >= 15 is 0 Å². The molecule has 0 bridgehead atoms. The van der Waals surface area contributed by atoms with Gasteiger partial charge in [0, 0.05) is 31.0 Å². The summed E-state index contributed by atoms with van der Waals surface area (Å²) in [5.74, 6) is 4.00. The summed E-state index contributed by atoms with van der Waals surface area (Å²) >= 11 is 1.66. The van der Waals surface area contributed by atoms with Gasteiger partial charge in [0.1, 0.15) is 17.3 Å². The number of hydrogen-bond acceptors (Lipinski definition) is 5. The Morgan fingerprint density at radius 2 is 2.14 bits per heavy atom. The quantitative estimate of drug-likeness (QED) is 0.369. The van der Waals surface area contributed by atoms with Crippen molar-refractivity contribution in [3.8, 4) is 0 Å². The first-order valence-electron chi connectivity index (χ1n) is 10.7. The fraction of sp³-hybridized carbons (Fsp3) is 0.591. The van der Waals surface area contributed by atoms with Gasteiger partial charge in [-0.3, -0.25) is 4.79 Å². The molecule has 6 nitrogen and oxygen atoms in total. The van der Waals surface area contributed by atoms with Crippen molar-refractivity contribution in [2.24, 2.45) is 5.92 Å². The second kappa shape index (κ2) is 9.20. The largest absolute Gasteiger partial charge is 0.461 e. The van der Waals surface area contributed by atoms with Crippen molar-refractivity contribution in [1.82, 2.24) is 20.1 Å². The minimum Gasteiger partial charge on any atom is -0.461 e. The lowest BCUT2D eigenvalue weighted by Gasteiger charge is -2.16. The van der Waals surface area contributed by atoms with Crippen molar-refractivity contribution in [1.29, 1.82) is 0 Å². The van der Waals surface area contributed by atoms with Gasteiger partial charge in [-0.25, -0.2) is 0 Å². The predicted octanol–water partition coefficient (Wildman–Crippen LogP) is 4.59. The number of amides is 1. The molecule has 156 valence electrons. The SMILES string of the molecule is CSc1nnc(CCCNC(=O)/C=C/c2ccc([C@@H]3C[C@@H]3C)o2)n1C1CCCC1. The number of nitrogens with one attached hydrogen (secondary N) is 1. The van der Waals surface area contributed by atoms with E-state index < -0.39 is 0 Å². The molecule has 4 rings (SSSR count). The standard InChI is InChI=1S/C22H30N4O2S/c1-15-14-18(15)19-11-9-17(28-19)10-12-21(27)23-13-5-8-20-24-25-22(29-2)26(20)16-6-3-4-7-16/h9-12,15-16,18H,3-8,13-14H2,1-2H3,(H,23,27)/b12-10+/t15-,18+/m0/s1. The van der Waals surface area contributed by atoms with E-state index in [4.69, 9.17) is 4.42 Å². The monoisotopic (exact) mass is 414 g/mol. The zero-order valence-corrected chi connectivity index (χ0v) is 18.1. The van der Waals surface area contributed by atoms with Crippen LogP contribution in [0.2, 0.25) is 0 Å². The fourth-order valence-corrected chi connectivity index (χ4v) is 4.77. The molecule has 0 aliphatic heterocycles. The third-order valence-electron chi connectivity index (χ3n) is 6.01. The highest BCUT2D eigenvalue weighted by Crippen LogP contribution is 2.47. The average molecular weight is 415 g/mol. The molecule has 2 aliphatic carbocycles. The molecule has 0 spiro atoms. The Kier molecular flexibility index (Phi) is 6.43. The van der Waals surface area contributed by atoms with Gasteiger partial charge in [-0.1, -0.05) is 31.5 Å². The van der Waals surface area contributed by atoms with Crippen molar-refractivity contribution in [2.75, 3.05) is 12.8 Å². The van der Waals surface area contributed by atoms with Crippen LogP contribution in [0.15, 0.2) is 27.8 Å². The number of thioether (sulfide) groups is 1. The summed E-state index contributed by atoms with van der Waals surface area (Å²) < 4.78 is 8.13. The number of aryl methyl sites for hydroxylation is 1. The van der Waals surface area contributed by atoms with Crippen LogP contribution in [0.1, 0.15) is 74.8 Å². The number of carbonyl (C=O) groups is 1. The van der Waals surface area contributed by atoms with Crippen LogP contribution in [0.3, 0.4) is 0 Å². The molecule has 2 aromatic heterocycles. The van der Waals surface area contributed by atoms with Gasteiger partial charge in [0.2, 0.25) is 5.91 Å². The molecule has 2 saturated carbocycles. The van der Waals surface area contributed by atoms with Crippen molar-refractivity contribution in [3.05, 3.63) is 35.6 Å². The number of nitrogens with zero attached hydrogens (tertiary/aromatic N) is 3. The van der Waals surface area contributed by atoms with Crippen LogP contribution in [0.5, 0.6) is 0 Å². The fourth-order valence-electron chi connectivity index (χ4n) is 4.20. The predicted molar refractivity (Wildman–Crippen MR) is 115 cm³/mol. The Bertz CT molecular complexity index is 866. The van der Waals surface area contributed by atoms with Gasteiger partial charge in [0.25, 0.3) is 0 Å². The highest BCUT2D eigenvalue weighted by molar-refractivity contribution is 7.98. The Hall–Kier alpha value is -2.02. The maximum atomic E-state index is 12.1. The van der Waals surface area contributed by atoms with E-state index in [1.165, 1.54) is 32.1 Å². The van der Waals surface area contributed by atoms with Crippen LogP contribution in [-0.2, 0) is 11.2 Å². The summed E-state index contributed by atoms with van der Waals surface area (Å²) in [5, 5.41) is 12.7. The van der Waals surface area contributed by atoms with E-state index in [1.807, 2.05) is 12.1 Å². The molecule has 0 saturated heterocycles. The summed E-state index contributed by atoms with van der Waals surface area (Å²) in [6, 6.07) is 4.50. The van der Waals surface area contributed by atoms with E-state index in [0.29, 0.717) is 24.4 Å². The Labute approximate surface area is 176 Å². The van der Waals surface area contributed by atoms with Gasteiger partial charge in [0.05, 0.1) is 0 Å². The van der Waals surface area contributed by atoms with Crippen molar-refractivity contribution >= 4 is 23.7 Å². The normalized spacial score (nSPS) is 21.9. The number of furan rings is 1. The minimum atomic E-state index is -0.0928. The lowest BCUT2D eigenvalue weighted by atomic mass is 10.2. The molecule has 0 aromatic carbocycles. The van der Waals surface area contributed by atoms with Crippen molar-refractivity contribution in [2.45, 2.75) is 69.0 Å². The van der Waals surface area contributed by atoms with E-state index in [9.17, 15) is 4.79 Å². The first-order chi connectivity index (χ1) is 14.2. The average Bonchev–Trinajstić information content (AvgIpc) is 3.18. The molecule has 2 fully saturated rings. The van der Waals surface area contributed by atoms with Crippen LogP contribution in [0.4, 0.5) is 0 Å². The second-order valence-corrected chi connectivity index (χ2v) is 8.97. The summed E-state index contributed by atoms with van der Waals surface area (Å²) in [4.78, 5) is 12.1.